The van der Waals surface area contributed by atoms with Gasteiger partial charge in [-0.2, -0.15) is 0 Å². The number of hydrogen-bond acceptors (Lipinski definition) is 2. The molecule has 2 aromatic rings. The average Bonchev–Trinajstić information content (AvgIpc) is 2.38. The zero-order valence-electron chi connectivity index (χ0n) is 9.52. The minimum Gasteiger partial charge on any atom is -0.489 e. The van der Waals surface area contributed by atoms with E-state index in [9.17, 15) is 4.39 Å². The Bertz CT molecular complexity index is 482. The highest BCUT2D eigenvalue weighted by Gasteiger charge is 2.01. The standard InChI is InChI=1S/C14H13FOS/c1-17-13-8-6-12(7-9-13)16-10-11-4-2-3-5-14(11)15/h2-9H,10H2,1H3. The second kappa shape index (κ2) is 5.73. The molecule has 0 atom stereocenters. The molecule has 3 heteroatoms. The first-order chi connectivity index (χ1) is 8.29. The maximum absolute atomic E-state index is 13.3. The van der Waals surface area contributed by atoms with Gasteiger partial charge in [0.2, 0.25) is 0 Å². The van der Waals surface area contributed by atoms with Crippen LogP contribution in [-0.2, 0) is 6.61 Å². The number of thioether (sulfide) groups is 1. The largest absolute Gasteiger partial charge is 0.489 e. The summed E-state index contributed by atoms with van der Waals surface area (Å²) in [5.41, 5.74) is 0.571. The molecule has 17 heavy (non-hydrogen) atoms. The molecule has 0 aliphatic carbocycles. The molecule has 0 aliphatic rings. The molecule has 0 heterocycles. The third kappa shape index (κ3) is 3.24. The van der Waals surface area contributed by atoms with Gasteiger partial charge in [-0.1, -0.05) is 18.2 Å². The smallest absolute Gasteiger partial charge is 0.129 e. The van der Waals surface area contributed by atoms with E-state index in [-0.39, 0.29) is 12.4 Å². The van der Waals surface area contributed by atoms with Gasteiger partial charge in [0.05, 0.1) is 0 Å². The van der Waals surface area contributed by atoms with Crippen LogP contribution < -0.4 is 4.74 Å². The van der Waals surface area contributed by atoms with Crippen molar-refractivity contribution in [3.05, 3.63) is 59.9 Å². The first kappa shape index (κ1) is 12.0. The van der Waals surface area contributed by atoms with Gasteiger partial charge in [0.15, 0.2) is 0 Å². The van der Waals surface area contributed by atoms with Gasteiger partial charge in [0, 0.05) is 10.5 Å². The summed E-state index contributed by atoms with van der Waals surface area (Å²) in [5, 5.41) is 0. The lowest BCUT2D eigenvalue weighted by molar-refractivity contribution is 0.299. The van der Waals surface area contributed by atoms with E-state index in [2.05, 4.69) is 0 Å². The van der Waals surface area contributed by atoms with Crippen molar-refractivity contribution >= 4 is 11.8 Å². The monoisotopic (exact) mass is 248 g/mol. The highest BCUT2D eigenvalue weighted by Crippen LogP contribution is 2.20. The van der Waals surface area contributed by atoms with Gasteiger partial charge in [-0.15, -0.1) is 11.8 Å². The van der Waals surface area contributed by atoms with Crippen LogP contribution in [0, 0.1) is 5.82 Å². The summed E-state index contributed by atoms with van der Waals surface area (Å²) in [5.74, 6) is 0.527. The Kier molecular flexibility index (Phi) is 4.04. The van der Waals surface area contributed by atoms with E-state index in [0.717, 1.165) is 5.75 Å². The number of rotatable bonds is 4. The summed E-state index contributed by atoms with van der Waals surface area (Å²) in [6, 6.07) is 14.4. The zero-order valence-corrected chi connectivity index (χ0v) is 10.3. The molecule has 0 spiro atoms. The molecule has 0 saturated carbocycles. The fraction of sp³-hybridized carbons (Fsp3) is 0.143. The molecule has 2 aromatic carbocycles. The molecule has 0 saturated heterocycles. The normalized spacial score (nSPS) is 10.2. The van der Waals surface area contributed by atoms with Crippen LogP contribution in [0.15, 0.2) is 53.4 Å². The topological polar surface area (TPSA) is 9.23 Å². The Morgan fingerprint density at radius 1 is 1.06 bits per heavy atom. The maximum atomic E-state index is 13.3. The molecule has 0 N–H and O–H groups in total. The summed E-state index contributed by atoms with van der Waals surface area (Å²) in [7, 11) is 0. The molecule has 0 aliphatic heterocycles. The van der Waals surface area contributed by atoms with Crippen molar-refractivity contribution in [2.45, 2.75) is 11.5 Å². The highest BCUT2D eigenvalue weighted by molar-refractivity contribution is 7.98. The minimum atomic E-state index is -0.228. The number of benzene rings is 2. The van der Waals surface area contributed by atoms with Crippen molar-refractivity contribution in [3.63, 3.8) is 0 Å². The van der Waals surface area contributed by atoms with Crippen LogP contribution in [0.1, 0.15) is 5.56 Å². The zero-order chi connectivity index (χ0) is 12.1. The second-order valence-electron chi connectivity index (χ2n) is 3.56. The molecule has 0 fully saturated rings. The van der Waals surface area contributed by atoms with Crippen LogP contribution >= 0.6 is 11.8 Å². The molecule has 0 unspecified atom stereocenters. The van der Waals surface area contributed by atoms with Crippen molar-refractivity contribution < 1.29 is 9.13 Å². The summed E-state index contributed by atoms with van der Waals surface area (Å²) in [6.07, 6.45) is 2.02. The van der Waals surface area contributed by atoms with Crippen LogP contribution in [0.3, 0.4) is 0 Å². The molecule has 0 radical (unpaired) electrons. The van der Waals surface area contributed by atoms with E-state index in [1.54, 1.807) is 30.0 Å². The van der Waals surface area contributed by atoms with Gasteiger partial charge >= 0.3 is 0 Å². The first-order valence-electron chi connectivity index (χ1n) is 5.30. The SMILES string of the molecule is CSc1ccc(OCc2ccccc2F)cc1. The van der Waals surface area contributed by atoms with E-state index < -0.39 is 0 Å². The molecule has 88 valence electrons. The predicted molar refractivity (Wildman–Crippen MR) is 69.0 cm³/mol. The Balaban J connectivity index is 2.00. The Hall–Kier alpha value is -1.48. The van der Waals surface area contributed by atoms with E-state index in [0.29, 0.717) is 5.56 Å². The molecular weight excluding hydrogens is 235 g/mol. The van der Waals surface area contributed by atoms with Crippen molar-refractivity contribution in [2.24, 2.45) is 0 Å². The summed E-state index contributed by atoms with van der Waals surface area (Å²) >= 11 is 1.68. The third-order valence-electron chi connectivity index (χ3n) is 2.41. The Morgan fingerprint density at radius 2 is 1.76 bits per heavy atom. The Labute approximate surface area is 105 Å². The fourth-order valence-corrected chi connectivity index (χ4v) is 1.86. The lowest BCUT2D eigenvalue weighted by atomic mass is 10.2. The minimum absolute atomic E-state index is 0.228. The number of hydrogen-bond donors (Lipinski definition) is 0. The molecular formula is C14H13FOS. The van der Waals surface area contributed by atoms with Gasteiger partial charge < -0.3 is 4.74 Å². The first-order valence-corrected chi connectivity index (χ1v) is 6.52. The maximum Gasteiger partial charge on any atom is 0.129 e. The van der Waals surface area contributed by atoms with E-state index in [1.165, 1.54) is 11.0 Å². The van der Waals surface area contributed by atoms with Gasteiger partial charge in [-0.05, 0) is 36.6 Å². The van der Waals surface area contributed by atoms with Crippen LogP contribution in [0.2, 0.25) is 0 Å². The van der Waals surface area contributed by atoms with Gasteiger partial charge in [0.25, 0.3) is 0 Å². The predicted octanol–water partition coefficient (Wildman–Crippen LogP) is 4.13. The lowest BCUT2D eigenvalue weighted by Crippen LogP contribution is -1.97. The van der Waals surface area contributed by atoms with Gasteiger partial charge in [-0.3, -0.25) is 0 Å². The molecule has 0 aromatic heterocycles. The van der Waals surface area contributed by atoms with Crippen LogP contribution in [0.4, 0.5) is 4.39 Å². The van der Waals surface area contributed by atoms with Crippen molar-refractivity contribution in [1.82, 2.24) is 0 Å². The lowest BCUT2D eigenvalue weighted by Gasteiger charge is -2.07. The molecule has 2 rings (SSSR count). The average molecular weight is 248 g/mol. The van der Waals surface area contributed by atoms with Crippen molar-refractivity contribution in [2.75, 3.05) is 6.26 Å². The number of halogens is 1. The van der Waals surface area contributed by atoms with Crippen molar-refractivity contribution in [1.29, 1.82) is 0 Å². The van der Waals surface area contributed by atoms with Crippen LogP contribution in [-0.4, -0.2) is 6.26 Å². The summed E-state index contributed by atoms with van der Waals surface area (Å²) in [6.45, 7) is 0.255. The van der Waals surface area contributed by atoms with Crippen molar-refractivity contribution in [3.8, 4) is 5.75 Å². The third-order valence-corrected chi connectivity index (χ3v) is 3.16. The quantitative estimate of drug-likeness (QED) is 0.752. The van der Waals surface area contributed by atoms with Gasteiger partial charge in [0.1, 0.15) is 18.2 Å². The molecule has 0 amide bonds. The number of ether oxygens (including phenoxy) is 1. The van der Waals surface area contributed by atoms with E-state index in [4.69, 9.17) is 4.74 Å². The van der Waals surface area contributed by atoms with E-state index >= 15 is 0 Å². The molecule has 1 nitrogen and oxygen atoms in total. The highest BCUT2D eigenvalue weighted by atomic mass is 32.2. The van der Waals surface area contributed by atoms with Crippen LogP contribution in [0.25, 0.3) is 0 Å². The van der Waals surface area contributed by atoms with E-state index in [1.807, 2.05) is 30.5 Å². The summed E-state index contributed by atoms with van der Waals surface area (Å²) < 4.78 is 18.9. The fourth-order valence-electron chi connectivity index (χ4n) is 1.45. The van der Waals surface area contributed by atoms with Gasteiger partial charge in [-0.25, -0.2) is 4.39 Å². The second-order valence-corrected chi connectivity index (χ2v) is 4.44. The van der Waals surface area contributed by atoms with Crippen LogP contribution in [0.5, 0.6) is 5.75 Å². The Morgan fingerprint density at radius 3 is 2.41 bits per heavy atom. The summed E-state index contributed by atoms with van der Waals surface area (Å²) in [4.78, 5) is 1.18. The molecule has 0 bridgehead atoms.